The zero-order valence-corrected chi connectivity index (χ0v) is 14.0. The molecule has 124 valence electrons. The summed E-state index contributed by atoms with van der Waals surface area (Å²) < 4.78 is 5.22. The van der Waals surface area contributed by atoms with Gasteiger partial charge in [-0.3, -0.25) is 9.78 Å². The molecule has 1 aliphatic heterocycles. The number of methoxy groups -OCH3 is 1. The average molecular weight is 322 g/mol. The number of rotatable bonds is 3. The van der Waals surface area contributed by atoms with E-state index in [9.17, 15) is 4.79 Å². The van der Waals surface area contributed by atoms with Crippen LogP contribution in [-0.2, 0) is 16.8 Å². The predicted octanol–water partition coefficient (Wildman–Crippen LogP) is 3.84. The molecule has 1 saturated carbocycles. The Morgan fingerprint density at radius 3 is 2.58 bits per heavy atom. The van der Waals surface area contributed by atoms with Crippen molar-refractivity contribution in [2.75, 3.05) is 12.0 Å². The molecular formula is C20H22N2O2. The van der Waals surface area contributed by atoms with Crippen molar-refractivity contribution < 1.29 is 9.53 Å². The van der Waals surface area contributed by atoms with Crippen LogP contribution in [0, 0.1) is 0 Å². The number of fused-ring (bicyclic) bond motifs is 2. The summed E-state index contributed by atoms with van der Waals surface area (Å²) in [5, 5.41) is 0. The number of amides is 1. The summed E-state index contributed by atoms with van der Waals surface area (Å²) in [7, 11) is 1.66. The van der Waals surface area contributed by atoms with Gasteiger partial charge in [0.05, 0.1) is 31.0 Å². The Balaban J connectivity index is 1.69. The third-order valence-electron chi connectivity index (χ3n) is 5.47. The van der Waals surface area contributed by atoms with E-state index in [-0.39, 0.29) is 11.3 Å². The van der Waals surface area contributed by atoms with Crippen LogP contribution in [0.15, 0.2) is 42.7 Å². The third-order valence-corrected chi connectivity index (χ3v) is 5.47. The largest absolute Gasteiger partial charge is 0.497 e. The van der Waals surface area contributed by atoms with Crippen LogP contribution in [0.3, 0.4) is 0 Å². The molecule has 1 aliphatic carbocycles. The first-order valence-corrected chi connectivity index (χ1v) is 8.64. The number of hydrogen-bond donors (Lipinski definition) is 0. The Kier molecular flexibility index (Phi) is 3.75. The Labute approximate surface area is 142 Å². The molecule has 1 amide bonds. The number of anilines is 1. The number of carbonyl (C=O) groups is 1. The van der Waals surface area contributed by atoms with Gasteiger partial charge in [-0.25, -0.2) is 0 Å². The van der Waals surface area contributed by atoms with Crippen LogP contribution in [0.4, 0.5) is 5.69 Å². The predicted molar refractivity (Wildman–Crippen MR) is 93.2 cm³/mol. The molecule has 4 nitrogen and oxygen atoms in total. The number of hydrogen-bond acceptors (Lipinski definition) is 3. The first-order valence-electron chi connectivity index (χ1n) is 8.64. The van der Waals surface area contributed by atoms with Gasteiger partial charge < -0.3 is 9.64 Å². The van der Waals surface area contributed by atoms with Crippen molar-refractivity contribution in [3.8, 4) is 5.75 Å². The van der Waals surface area contributed by atoms with Crippen LogP contribution in [0.1, 0.15) is 43.2 Å². The van der Waals surface area contributed by atoms with Gasteiger partial charge in [-0.05, 0) is 42.2 Å². The normalized spacial score (nSPS) is 18.7. The molecule has 0 unspecified atom stereocenters. The highest BCUT2D eigenvalue weighted by atomic mass is 16.5. The highest BCUT2D eigenvalue weighted by Gasteiger charge is 2.50. The second-order valence-corrected chi connectivity index (χ2v) is 6.77. The monoisotopic (exact) mass is 322 g/mol. The SMILES string of the molecule is COc1ccc(CN2C(=O)C3(CCCCC3)c3ccncc32)cc1. The molecule has 4 rings (SSSR count). The van der Waals surface area contributed by atoms with Crippen LogP contribution in [0.2, 0.25) is 0 Å². The molecule has 4 heteroatoms. The number of aromatic nitrogens is 1. The van der Waals surface area contributed by atoms with Gasteiger partial charge in [0.15, 0.2) is 0 Å². The van der Waals surface area contributed by atoms with Crippen molar-refractivity contribution in [1.29, 1.82) is 0 Å². The Bertz CT molecular complexity index is 748. The molecule has 2 heterocycles. The third kappa shape index (κ3) is 2.29. The van der Waals surface area contributed by atoms with Crippen molar-refractivity contribution in [1.82, 2.24) is 4.98 Å². The van der Waals surface area contributed by atoms with Crippen LogP contribution < -0.4 is 9.64 Å². The average Bonchev–Trinajstić information content (AvgIpc) is 2.86. The number of ether oxygens (including phenoxy) is 1. The molecule has 1 spiro atoms. The Morgan fingerprint density at radius 2 is 1.88 bits per heavy atom. The van der Waals surface area contributed by atoms with Gasteiger partial charge in [-0.15, -0.1) is 0 Å². The fourth-order valence-corrected chi connectivity index (χ4v) is 4.20. The lowest BCUT2D eigenvalue weighted by Gasteiger charge is -2.32. The highest BCUT2D eigenvalue weighted by Crippen LogP contribution is 2.50. The van der Waals surface area contributed by atoms with Gasteiger partial charge in [0.25, 0.3) is 0 Å². The van der Waals surface area contributed by atoms with Crippen LogP contribution >= 0.6 is 0 Å². The summed E-state index contributed by atoms with van der Waals surface area (Å²) in [6.45, 7) is 0.587. The molecule has 0 radical (unpaired) electrons. The van der Waals surface area contributed by atoms with Crippen molar-refractivity contribution >= 4 is 11.6 Å². The molecule has 2 aliphatic rings. The molecule has 24 heavy (non-hydrogen) atoms. The van der Waals surface area contributed by atoms with Crippen LogP contribution in [0.5, 0.6) is 5.75 Å². The summed E-state index contributed by atoms with van der Waals surface area (Å²) in [4.78, 5) is 19.5. The van der Waals surface area contributed by atoms with Gasteiger partial charge in [0.2, 0.25) is 5.91 Å². The lowest BCUT2D eigenvalue weighted by atomic mass is 9.70. The van der Waals surface area contributed by atoms with Gasteiger partial charge in [0, 0.05) is 6.20 Å². The lowest BCUT2D eigenvalue weighted by molar-refractivity contribution is -0.124. The number of pyridine rings is 1. The van der Waals surface area contributed by atoms with Crippen LogP contribution in [0.25, 0.3) is 0 Å². The fraction of sp³-hybridized carbons (Fsp3) is 0.400. The second kappa shape index (κ2) is 5.93. The number of carbonyl (C=O) groups excluding carboxylic acids is 1. The van der Waals surface area contributed by atoms with E-state index in [0.717, 1.165) is 42.7 Å². The van der Waals surface area contributed by atoms with E-state index in [4.69, 9.17) is 4.74 Å². The summed E-state index contributed by atoms with van der Waals surface area (Å²) >= 11 is 0. The Hall–Kier alpha value is -2.36. The summed E-state index contributed by atoms with van der Waals surface area (Å²) in [6.07, 6.45) is 9.07. The van der Waals surface area contributed by atoms with Crippen LogP contribution in [-0.4, -0.2) is 18.0 Å². The molecular weight excluding hydrogens is 300 g/mol. The van der Waals surface area contributed by atoms with Gasteiger partial charge in [-0.1, -0.05) is 31.4 Å². The first kappa shape index (κ1) is 15.2. The molecule has 0 saturated heterocycles. The van der Waals surface area contributed by atoms with E-state index in [1.165, 1.54) is 12.0 Å². The molecule has 2 aromatic rings. The zero-order valence-electron chi connectivity index (χ0n) is 14.0. The molecule has 1 aromatic carbocycles. The van der Waals surface area contributed by atoms with Crippen molar-refractivity contribution in [3.05, 3.63) is 53.9 Å². The molecule has 1 aromatic heterocycles. The van der Waals surface area contributed by atoms with E-state index in [1.807, 2.05) is 47.6 Å². The van der Waals surface area contributed by atoms with E-state index in [1.54, 1.807) is 7.11 Å². The number of benzene rings is 1. The smallest absolute Gasteiger partial charge is 0.238 e. The van der Waals surface area contributed by atoms with Gasteiger partial charge >= 0.3 is 0 Å². The number of nitrogens with zero attached hydrogens (tertiary/aromatic N) is 2. The topological polar surface area (TPSA) is 42.4 Å². The van der Waals surface area contributed by atoms with Crippen molar-refractivity contribution in [3.63, 3.8) is 0 Å². The molecule has 0 atom stereocenters. The minimum Gasteiger partial charge on any atom is -0.497 e. The maximum Gasteiger partial charge on any atom is 0.238 e. The summed E-state index contributed by atoms with van der Waals surface area (Å²) in [5.74, 6) is 1.08. The summed E-state index contributed by atoms with van der Waals surface area (Å²) in [5.41, 5.74) is 2.95. The van der Waals surface area contributed by atoms with Gasteiger partial charge in [-0.2, -0.15) is 0 Å². The second-order valence-electron chi connectivity index (χ2n) is 6.77. The summed E-state index contributed by atoms with van der Waals surface area (Å²) in [6, 6.07) is 9.97. The first-order chi connectivity index (χ1) is 11.7. The maximum atomic E-state index is 13.3. The van der Waals surface area contributed by atoms with Crippen molar-refractivity contribution in [2.45, 2.75) is 44.1 Å². The molecule has 1 fully saturated rings. The minimum atomic E-state index is -0.316. The molecule has 0 N–H and O–H groups in total. The highest BCUT2D eigenvalue weighted by molar-refractivity contribution is 6.07. The standard InChI is InChI=1S/C20H22N2O2/c1-24-16-7-5-15(6-8-16)14-22-18-13-21-12-9-17(18)20(19(22)23)10-3-2-4-11-20/h5-9,12-13H,2-4,10-11,14H2,1H3. The Morgan fingerprint density at radius 1 is 1.12 bits per heavy atom. The van der Waals surface area contributed by atoms with E-state index in [2.05, 4.69) is 4.98 Å². The minimum absolute atomic E-state index is 0.251. The van der Waals surface area contributed by atoms with E-state index < -0.39 is 0 Å². The molecule has 0 bridgehead atoms. The maximum absolute atomic E-state index is 13.3. The fourth-order valence-electron chi connectivity index (χ4n) is 4.20. The van der Waals surface area contributed by atoms with E-state index >= 15 is 0 Å². The van der Waals surface area contributed by atoms with E-state index in [0.29, 0.717) is 6.54 Å². The van der Waals surface area contributed by atoms with Crippen molar-refractivity contribution in [2.24, 2.45) is 0 Å². The van der Waals surface area contributed by atoms with Gasteiger partial charge in [0.1, 0.15) is 5.75 Å². The lowest BCUT2D eigenvalue weighted by Crippen LogP contribution is -2.41. The zero-order chi connectivity index (χ0) is 16.6. The quantitative estimate of drug-likeness (QED) is 0.862.